The van der Waals surface area contributed by atoms with Crippen molar-refractivity contribution >= 4 is 70.2 Å². The van der Waals surface area contributed by atoms with E-state index in [1.807, 2.05) is 72.2 Å². The van der Waals surface area contributed by atoms with Gasteiger partial charge in [-0.25, -0.2) is 8.78 Å². The van der Waals surface area contributed by atoms with Crippen LogP contribution in [0.3, 0.4) is 0 Å². The standard InChI is InChI=1S/2C30H30Cl2FNO4/c2*1-2-3-25(16-17-27(35)36)34-28(20-6-10-22(31)11-7-20)29(21-8-12-23(32)13-9-21)38-26(30(34)37)18-19-4-14-24(33)15-5-19/h2*4-15,25-26,28-29H,2-3,16-18H2,1H3,(H,35,36)/t2*25-,26+,28-,29+/m10/s1. The van der Waals surface area contributed by atoms with Gasteiger partial charge in [-0.3, -0.25) is 19.2 Å². The van der Waals surface area contributed by atoms with Crippen molar-refractivity contribution in [3.8, 4) is 0 Å². The fraction of sp³-hybridized carbons (Fsp3) is 0.333. The molecule has 8 rings (SSSR count). The quantitative estimate of drug-likeness (QED) is 0.0772. The number of benzene rings is 6. The number of nitrogens with zero attached hydrogens (tertiary/aromatic N) is 2. The molecular formula is C60H60Cl4F2N2O8. The number of carboxylic acids is 2. The van der Waals surface area contributed by atoms with Crippen LogP contribution in [0.1, 0.15) is 123 Å². The van der Waals surface area contributed by atoms with Gasteiger partial charge >= 0.3 is 11.9 Å². The van der Waals surface area contributed by atoms with Gasteiger partial charge in [0.05, 0.1) is 12.1 Å². The molecule has 2 N–H and O–H groups in total. The second-order valence-corrected chi connectivity index (χ2v) is 20.8. The second kappa shape index (κ2) is 27.5. The maximum absolute atomic E-state index is 14.2. The summed E-state index contributed by atoms with van der Waals surface area (Å²) in [5.74, 6) is -2.97. The zero-order valence-electron chi connectivity index (χ0n) is 42.1. The molecule has 2 fully saturated rings. The molecule has 10 nitrogen and oxygen atoms in total. The van der Waals surface area contributed by atoms with Crippen LogP contribution >= 0.6 is 46.4 Å². The summed E-state index contributed by atoms with van der Waals surface area (Å²) in [6, 6.07) is 39.6. The number of carbonyl (C=O) groups is 4. The van der Waals surface area contributed by atoms with Crippen molar-refractivity contribution in [1.29, 1.82) is 0 Å². The third-order valence-corrected chi connectivity index (χ3v) is 14.8. The summed E-state index contributed by atoms with van der Waals surface area (Å²) in [5, 5.41) is 21.2. The first kappa shape index (κ1) is 57.8. The van der Waals surface area contributed by atoms with Crippen LogP contribution in [0.15, 0.2) is 146 Å². The minimum absolute atomic E-state index is 0.0586. The monoisotopic (exact) mass is 1110 g/mol. The lowest BCUT2D eigenvalue weighted by Gasteiger charge is -2.48. The number of hydrogen-bond acceptors (Lipinski definition) is 6. The zero-order valence-corrected chi connectivity index (χ0v) is 45.1. The summed E-state index contributed by atoms with van der Waals surface area (Å²) >= 11 is 24.7. The second-order valence-electron chi connectivity index (χ2n) is 19.1. The van der Waals surface area contributed by atoms with Crippen molar-refractivity contribution in [3.05, 3.63) is 211 Å². The Bertz CT molecular complexity index is 2670. The van der Waals surface area contributed by atoms with Crippen LogP contribution in [0.5, 0.6) is 0 Å². The lowest BCUT2D eigenvalue weighted by Crippen LogP contribution is -2.55. The molecule has 16 heteroatoms. The Balaban J connectivity index is 0.000000221. The molecule has 400 valence electrons. The number of carboxylic acid groups (broad SMARTS) is 2. The molecule has 0 unspecified atom stereocenters. The normalized spacial score (nSPS) is 20.4. The molecule has 0 bridgehead atoms. The lowest BCUT2D eigenvalue weighted by atomic mass is 9.88. The van der Waals surface area contributed by atoms with Gasteiger partial charge in [0, 0.05) is 57.9 Å². The summed E-state index contributed by atoms with van der Waals surface area (Å²) in [6.45, 7) is 4.03. The van der Waals surface area contributed by atoms with E-state index in [2.05, 4.69) is 0 Å². The van der Waals surface area contributed by atoms with Crippen LogP contribution < -0.4 is 0 Å². The van der Waals surface area contributed by atoms with Crippen molar-refractivity contribution in [1.82, 2.24) is 9.80 Å². The highest BCUT2D eigenvalue weighted by Gasteiger charge is 2.48. The summed E-state index contributed by atoms with van der Waals surface area (Å²) in [5.41, 5.74) is 4.87. The summed E-state index contributed by atoms with van der Waals surface area (Å²) < 4.78 is 40.2. The van der Waals surface area contributed by atoms with Gasteiger partial charge in [0.1, 0.15) is 36.1 Å². The lowest BCUT2D eigenvalue weighted by molar-refractivity contribution is -0.180. The number of amides is 2. The van der Waals surface area contributed by atoms with Crippen LogP contribution in [-0.2, 0) is 41.5 Å². The van der Waals surface area contributed by atoms with Crippen molar-refractivity contribution in [2.75, 3.05) is 0 Å². The number of aliphatic carboxylic acids is 2. The first-order valence-electron chi connectivity index (χ1n) is 25.4. The molecule has 2 saturated heterocycles. The maximum Gasteiger partial charge on any atom is 0.303 e. The predicted octanol–water partition coefficient (Wildman–Crippen LogP) is 14.8. The fourth-order valence-corrected chi connectivity index (χ4v) is 10.7. The molecule has 0 saturated carbocycles. The van der Waals surface area contributed by atoms with E-state index in [1.165, 1.54) is 24.3 Å². The molecule has 6 aromatic carbocycles. The van der Waals surface area contributed by atoms with E-state index in [-0.39, 0.29) is 61.2 Å². The molecule has 2 heterocycles. The fourth-order valence-electron chi connectivity index (χ4n) is 10.2. The van der Waals surface area contributed by atoms with E-state index in [4.69, 9.17) is 55.9 Å². The van der Waals surface area contributed by atoms with Gasteiger partial charge in [0.25, 0.3) is 11.8 Å². The average molecular weight is 1120 g/mol. The highest BCUT2D eigenvalue weighted by molar-refractivity contribution is 6.31. The van der Waals surface area contributed by atoms with Gasteiger partial charge in [-0.15, -0.1) is 0 Å². The molecule has 0 aliphatic carbocycles. The van der Waals surface area contributed by atoms with Crippen LogP contribution in [0.25, 0.3) is 0 Å². The first-order valence-corrected chi connectivity index (χ1v) is 26.9. The Kier molecular flexibility index (Phi) is 20.9. The number of carbonyl (C=O) groups excluding carboxylic acids is 2. The van der Waals surface area contributed by atoms with E-state index in [0.29, 0.717) is 45.8 Å². The zero-order chi connectivity index (χ0) is 54.5. The van der Waals surface area contributed by atoms with E-state index < -0.39 is 48.4 Å². The Morgan fingerprint density at radius 3 is 1.04 bits per heavy atom. The molecule has 8 atom stereocenters. The topological polar surface area (TPSA) is 134 Å². The molecule has 6 aromatic rings. The van der Waals surface area contributed by atoms with E-state index in [1.54, 1.807) is 72.8 Å². The Labute approximate surface area is 462 Å². The summed E-state index contributed by atoms with van der Waals surface area (Å²) in [4.78, 5) is 55.0. The highest BCUT2D eigenvalue weighted by atomic mass is 35.5. The third-order valence-electron chi connectivity index (χ3n) is 13.8. The van der Waals surface area contributed by atoms with Crippen LogP contribution in [0, 0.1) is 11.6 Å². The van der Waals surface area contributed by atoms with Crippen molar-refractivity contribution < 1.29 is 47.6 Å². The summed E-state index contributed by atoms with van der Waals surface area (Å²) in [7, 11) is 0. The van der Waals surface area contributed by atoms with Crippen molar-refractivity contribution in [3.63, 3.8) is 0 Å². The Morgan fingerprint density at radius 1 is 0.474 bits per heavy atom. The average Bonchev–Trinajstić information content (AvgIpc) is 3.40. The number of hydrogen-bond donors (Lipinski definition) is 2. The van der Waals surface area contributed by atoms with Gasteiger partial charge in [0.2, 0.25) is 0 Å². The van der Waals surface area contributed by atoms with Crippen LogP contribution in [0.2, 0.25) is 20.1 Å². The highest BCUT2D eigenvalue weighted by Crippen LogP contribution is 2.47. The van der Waals surface area contributed by atoms with Gasteiger partial charge in [-0.05, 0) is 132 Å². The molecular weight excluding hydrogens is 1060 g/mol. The van der Waals surface area contributed by atoms with Gasteiger partial charge in [-0.1, -0.05) is 146 Å². The number of rotatable bonds is 20. The number of ether oxygens (including phenoxy) is 2. The molecule has 0 aromatic heterocycles. The maximum atomic E-state index is 14.2. The largest absolute Gasteiger partial charge is 0.481 e. The summed E-state index contributed by atoms with van der Waals surface area (Å²) in [6.07, 6.45) is 1.06. The Morgan fingerprint density at radius 2 is 0.763 bits per heavy atom. The van der Waals surface area contributed by atoms with Gasteiger partial charge in [-0.2, -0.15) is 0 Å². The van der Waals surface area contributed by atoms with Crippen LogP contribution in [-0.4, -0.2) is 68.1 Å². The number of halogens is 6. The molecule has 2 aliphatic heterocycles. The van der Waals surface area contributed by atoms with E-state index >= 15 is 0 Å². The molecule has 2 aliphatic rings. The number of morpholine rings is 2. The minimum atomic E-state index is -0.910. The SMILES string of the molecule is CCC[C@@H](CCC(=O)O)N1C(=O)[C@@H](Cc2ccc(F)cc2)O[C@H](c2ccc(Cl)cc2)[C@@H]1c1ccc(Cl)cc1.CCC[C@H](CCC(=O)O)N1C(=O)[C@H](Cc2ccc(F)cc2)O[C@@H](c2ccc(Cl)cc2)[C@H]1c1ccc(Cl)cc1. The molecule has 76 heavy (non-hydrogen) atoms. The Hall–Kier alpha value is -5.86. The first-order chi connectivity index (χ1) is 36.5. The molecule has 0 radical (unpaired) electrons. The van der Waals surface area contributed by atoms with Crippen molar-refractivity contribution in [2.45, 2.75) is 127 Å². The van der Waals surface area contributed by atoms with Gasteiger partial charge < -0.3 is 29.5 Å². The van der Waals surface area contributed by atoms with Crippen molar-refractivity contribution in [2.24, 2.45) is 0 Å². The van der Waals surface area contributed by atoms with Crippen LogP contribution in [0.4, 0.5) is 8.78 Å². The van der Waals surface area contributed by atoms with Gasteiger partial charge in [0.15, 0.2) is 0 Å². The molecule has 2 amide bonds. The molecule has 0 spiro atoms. The van der Waals surface area contributed by atoms with E-state index in [9.17, 15) is 38.2 Å². The third kappa shape index (κ3) is 15.2. The predicted molar refractivity (Wildman–Crippen MR) is 292 cm³/mol. The minimum Gasteiger partial charge on any atom is -0.481 e. The van der Waals surface area contributed by atoms with E-state index in [0.717, 1.165) is 46.2 Å². The smallest absolute Gasteiger partial charge is 0.303 e.